The maximum absolute atomic E-state index is 13.2. The largest absolute Gasteiger partial charge is 0.353 e. The predicted octanol–water partition coefficient (Wildman–Crippen LogP) is 1.71. The Hall–Kier alpha value is -2.18. The zero-order valence-electron chi connectivity index (χ0n) is 16.2. The second kappa shape index (κ2) is 6.71. The van der Waals surface area contributed by atoms with Gasteiger partial charge in [-0.25, -0.2) is 5.10 Å². The average Bonchev–Trinajstić information content (AvgIpc) is 2.67. The number of rotatable bonds is 3. The maximum atomic E-state index is 13.2. The van der Waals surface area contributed by atoms with E-state index in [0.717, 1.165) is 49.9 Å². The zero-order valence-corrected chi connectivity index (χ0v) is 16.2. The van der Waals surface area contributed by atoms with Crippen LogP contribution in [0.3, 0.4) is 0 Å². The van der Waals surface area contributed by atoms with Crippen LogP contribution < -0.4 is 10.9 Å². The van der Waals surface area contributed by atoms with Crippen molar-refractivity contribution in [2.75, 3.05) is 13.1 Å². The molecule has 1 saturated heterocycles. The van der Waals surface area contributed by atoms with E-state index in [0.29, 0.717) is 13.1 Å². The van der Waals surface area contributed by atoms with Gasteiger partial charge in [0.05, 0.1) is 0 Å². The lowest BCUT2D eigenvalue weighted by Crippen LogP contribution is -2.56. The fraction of sp³-hybridized carbons (Fsp3) is 0.714. The molecule has 0 atom stereocenters. The Balaban J connectivity index is 1.17. The van der Waals surface area contributed by atoms with E-state index in [1.165, 1.54) is 31.4 Å². The Morgan fingerprint density at radius 1 is 1.04 bits per heavy atom. The standard InChI is InChI=1S/C21H28N4O3/c26-18-2-1-17(23-24-18)19(27)25-5-3-16(4-6-25)22-20(28)21-10-13-7-14(11-21)9-15(8-13)12-21/h1-2,13-16H,3-12H2,(H,22,28)(H,24,26). The molecule has 4 aliphatic carbocycles. The molecule has 2 heterocycles. The van der Waals surface area contributed by atoms with Crippen LogP contribution in [0.5, 0.6) is 0 Å². The van der Waals surface area contributed by atoms with E-state index in [-0.39, 0.29) is 34.5 Å². The van der Waals surface area contributed by atoms with Crippen molar-refractivity contribution in [2.24, 2.45) is 23.2 Å². The summed E-state index contributed by atoms with van der Waals surface area (Å²) in [5.74, 6) is 2.41. The number of amides is 2. The highest BCUT2D eigenvalue weighted by atomic mass is 16.2. The molecule has 5 aliphatic rings. The lowest BCUT2D eigenvalue weighted by molar-refractivity contribution is -0.147. The van der Waals surface area contributed by atoms with Crippen LogP contribution in [0.1, 0.15) is 61.9 Å². The molecule has 2 amide bonds. The van der Waals surface area contributed by atoms with Gasteiger partial charge in [-0.1, -0.05) is 0 Å². The Kier molecular flexibility index (Phi) is 4.29. The first-order valence-electron chi connectivity index (χ1n) is 10.7. The minimum absolute atomic E-state index is 0.110. The molecule has 0 radical (unpaired) electrons. The molecular formula is C21H28N4O3. The molecule has 0 unspecified atom stereocenters. The highest BCUT2D eigenvalue weighted by molar-refractivity contribution is 5.92. The van der Waals surface area contributed by atoms with Crippen molar-refractivity contribution < 1.29 is 9.59 Å². The van der Waals surface area contributed by atoms with Crippen LogP contribution >= 0.6 is 0 Å². The second-order valence-corrected chi connectivity index (χ2v) is 9.54. The minimum Gasteiger partial charge on any atom is -0.353 e. The first kappa shape index (κ1) is 17.9. The molecule has 28 heavy (non-hydrogen) atoms. The Morgan fingerprint density at radius 3 is 2.18 bits per heavy atom. The quantitative estimate of drug-likeness (QED) is 0.829. The topological polar surface area (TPSA) is 95.2 Å². The normalized spacial score (nSPS) is 34.4. The van der Waals surface area contributed by atoms with Gasteiger partial charge >= 0.3 is 0 Å². The van der Waals surface area contributed by atoms with Gasteiger partial charge in [0.2, 0.25) is 5.91 Å². The molecule has 7 heteroatoms. The number of aromatic amines is 1. The van der Waals surface area contributed by atoms with Crippen molar-refractivity contribution in [3.63, 3.8) is 0 Å². The van der Waals surface area contributed by atoms with Gasteiger partial charge in [0.15, 0.2) is 0 Å². The first-order chi connectivity index (χ1) is 13.5. The molecule has 150 valence electrons. The highest BCUT2D eigenvalue weighted by Crippen LogP contribution is 2.60. The van der Waals surface area contributed by atoms with Crippen molar-refractivity contribution in [2.45, 2.75) is 57.4 Å². The van der Waals surface area contributed by atoms with E-state index in [1.54, 1.807) is 4.90 Å². The van der Waals surface area contributed by atoms with E-state index in [4.69, 9.17) is 0 Å². The van der Waals surface area contributed by atoms with Gasteiger partial charge in [0.25, 0.3) is 11.5 Å². The van der Waals surface area contributed by atoms with Gasteiger partial charge in [-0.2, -0.15) is 5.10 Å². The summed E-state index contributed by atoms with van der Waals surface area (Å²) in [6, 6.07) is 2.92. The van der Waals surface area contributed by atoms with Crippen LogP contribution in [0, 0.1) is 23.2 Å². The molecule has 1 aromatic rings. The lowest BCUT2D eigenvalue weighted by atomic mass is 9.49. The number of carbonyl (C=O) groups is 2. The zero-order chi connectivity index (χ0) is 19.3. The summed E-state index contributed by atoms with van der Waals surface area (Å²) < 4.78 is 0. The lowest BCUT2D eigenvalue weighted by Gasteiger charge is -2.56. The number of piperidine rings is 1. The molecule has 0 spiro atoms. The van der Waals surface area contributed by atoms with Crippen molar-refractivity contribution in [1.82, 2.24) is 20.4 Å². The van der Waals surface area contributed by atoms with E-state index in [2.05, 4.69) is 15.5 Å². The monoisotopic (exact) mass is 384 g/mol. The van der Waals surface area contributed by atoms with Gasteiger partial charge < -0.3 is 10.2 Å². The van der Waals surface area contributed by atoms with Crippen molar-refractivity contribution >= 4 is 11.8 Å². The summed E-state index contributed by atoms with van der Waals surface area (Å²) in [6.07, 6.45) is 8.81. The summed E-state index contributed by atoms with van der Waals surface area (Å²) in [4.78, 5) is 38.6. The predicted molar refractivity (Wildman–Crippen MR) is 103 cm³/mol. The van der Waals surface area contributed by atoms with E-state index in [9.17, 15) is 14.4 Å². The maximum Gasteiger partial charge on any atom is 0.274 e. The van der Waals surface area contributed by atoms with Gasteiger partial charge in [0, 0.05) is 30.6 Å². The molecule has 6 rings (SSSR count). The third-order valence-electron chi connectivity index (χ3n) is 7.54. The number of aromatic nitrogens is 2. The molecule has 0 aromatic carbocycles. The van der Waals surface area contributed by atoms with E-state index in [1.807, 2.05) is 0 Å². The van der Waals surface area contributed by atoms with Gasteiger partial charge in [0.1, 0.15) is 5.69 Å². The Morgan fingerprint density at radius 2 is 1.64 bits per heavy atom. The van der Waals surface area contributed by atoms with Gasteiger partial charge in [-0.3, -0.25) is 14.4 Å². The van der Waals surface area contributed by atoms with Crippen LogP contribution in [0.15, 0.2) is 16.9 Å². The van der Waals surface area contributed by atoms with Crippen LogP contribution in [0.25, 0.3) is 0 Å². The van der Waals surface area contributed by atoms with Crippen molar-refractivity contribution in [3.05, 3.63) is 28.2 Å². The summed E-state index contributed by atoms with van der Waals surface area (Å²) in [6.45, 7) is 1.21. The molecular weight excluding hydrogens is 356 g/mol. The number of nitrogens with one attached hydrogen (secondary N) is 2. The fourth-order valence-electron chi connectivity index (χ4n) is 6.58. The van der Waals surface area contributed by atoms with Crippen molar-refractivity contribution in [1.29, 1.82) is 0 Å². The summed E-state index contributed by atoms with van der Waals surface area (Å²) >= 11 is 0. The number of hydrogen-bond acceptors (Lipinski definition) is 4. The summed E-state index contributed by atoms with van der Waals surface area (Å²) in [5, 5.41) is 9.48. The van der Waals surface area contributed by atoms with Crippen LogP contribution in [-0.2, 0) is 4.79 Å². The molecule has 1 aliphatic heterocycles. The Labute approximate surface area is 164 Å². The summed E-state index contributed by atoms with van der Waals surface area (Å²) in [5.41, 5.74) is -0.167. The average molecular weight is 384 g/mol. The minimum atomic E-state index is -0.317. The number of H-pyrrole nitrogens is 1. The molecule has 2 N–H and O–H groups in total. The molecule has 1 aromatic heterocycles. The van der Waals surface area contributed by atoms with E-state index >= 15 is 0 Å². The molecule has 4 saturated carbocycles. The third-order valence-corrected chi connectivity index (χ3v) is 7.54. The van der Waals surface area contributed by atoms with E-state index < -0.39 is 0 Å². The second-order valence-electron chi connectivity index (χ2n) is 9.54. The molecule has 5 fully saturated rings. The first-order valence-corrected chi connectivity index (χ1v) is 10.7. The number of likely N-dealkylation sites (tertiary alicyclic amines) is 1. The highest BCUT2D eigenvalue weighted by Gasteiger charge is 2.54. The summed E-state index contributed by atoms with van der Waals surface area (Å²) in [7, 11) is 0. The van der Waals surface area contributed by atoms with Gasteiger partial charge in [-0.05, 0) is 75.2 Å². The van der Waals surface area contributed by atoms with Crippen molar-refractivity contribution in [3.8, 4) is 0 Å². The number of carbonyl (C=O) groups excluding carboxylic acids is 2. The molecule has 7 nitrogen and oxygen atoms in total. The number of nitrogens with zero attached hydrogens (tertiary/aromatic N) is 2. The smallest absolute Gasteiger partial charge is 0.274 e. The van der Waals surface area contributed by atoms with Crippen LogP contribution in [-0.4, -0.2) is 46.0 Å². The molecule has 4 bridgehead atoms. The van der Waals surface area contributed by atoms with Crippen LogP contribution in [0.2, 0.25) is 0 Å². The SMILES string of the molecule is O=C(c1ccc(=O)[nH]n1)N1CCC(NC(=O)C23CC4CC(CC(C4)C2)C3)CC1. The fourth-order valence-corrected chi connectivity index (χ4v) is 6.58. The van der Waals surface area contributed by atoms with Crippen LogP contribution in [0.4, 0.5) is 0 Å². The Bertz CT molecular complexity index is 785. The number of hydrogen-bond donors (Lipinski definition) is 2. The third kappa shape index (κ3) is 3.14. The van der Waals surface area contributed by atoms with Gasteiger partial charge in [-0.15, -0.1) is 0 Å².